The molecule has 16 heavy (non-hydrogen) atoms. The molecule has 1 atom stereocenters. The minimum atomic E-state index is -0.786. The fraction of sp³-hybridized carbons (Fsp3) is 0.357. The number of hydrogen-bond acceptors (Lipinski definition) is 1. The molecular weight excluding hydrogens is 200 g/mol. The standard InChI is InChI=1S/C14H16O2/c1-2-7-13(14(15)16)11-6-10-12-8-4-3-5-9-12/h1,3-5,8-9,13H,6-7,10-11H2,(H,15,16). The number of hydrogen-bond donors (Lipinski definition) is 1. The van der Waals surface area contributed by atoms with Gasteiger partial charge in [0.05, 0.1) is 5.92 Å². The zero-order chi connectivity index (χ0) is 11.8. The first-order chi connectivity index (χ1) is 7.74. The van der Waals surface area contributed by atoms with Crippen LogP contribution in [0.5, 0.6) is 0 Å². The third kappa shape index (κ3) is 4.18. The summed E-state index contributed by atoms with van der Waals surface area (Å²) in [5, 5.41) is 8.91. The first-order valence-electron chi connectivity index (χ1n) is 5.44. The van der Waals surface area contributed by atoms with E-state index in [9.17, 15) is 4.79 Å². The van der Waals surface area contributed by atoms with Crippen molar-refractivity contribution in [3.05, 3.63) is 35.9 Å². The van der Waals surface area contributed by atoms with Gasteiger partial charge in [0, 0.05) is 6.42 Å². The zero-order valence-electron chi connectivity index (χ0n) is 9.23. The maximum absolute atomic E-state index is 10.8. The number of aryl methyl sites for hydroxylation is 1. The van der Waals surface area contributed by atoms with Gasteiger partial charge in [0.2, 0.25) is 0 Å². The van der Waals surface area contributed by atoms with Gasteiger partial charge in [-0.15, -0.1) is 12.3 Å². The molecule has 0 aliphatic carbocycles. The summed E-state index contributed by atoms with van der Waals surface area (Å²) in [6, 6.07) is 10.1. The van der Waals surface area contributed by atoms with Gasteiger partial charge in [-0.25, -0.2) is 0 Å². The third-order valence-electron chi connectivity index (χ3n) is 2.57. The minimum absolute atomic E-state index is 0.324. The average molecular weight is 216 g/mol. The highest BCUT2D eigenvalue weighted by Crippen LogP contribution is 2.13. The Bertz CT molecular complexity index is 362. The van der Waals surface area contributed by atoms with Crippen LogP contribution in [0.3, 0.4) is 0 Å². The first-order valence-corrected chi connectivity index (χ1v) is 5.44. The van der Waals surface area contributed by atoms with Crippen molar-refractivity contribution >= 4 is 5.97 Å². The van der Waals surface area contributed by atoms with Crippen molar-refractivity contribution in [3.8, 4) is 12.3 Å². The average Bonchev–Trinajstić information content (AvgIpc) is 2.29. The molecule has 1 unspecified atom stereocenters. The Hall–Kier alpha value is -1.75. The second kappa shape index (κ2) is 6.68. The molecule has 0 aromatic heterocycles. The summed E-state index contributed by atoms with van der Waals surface area (Å²) in [6.07, 6.45) is 7.88. The fourth-order valence-corrected chi connectivity index (χ4v) is 1.65. The lowest BCUT2D eigenvalue weighted by Crippen LogP contribution is -2.13. The van der Waals surface area contributed by atoms with Crippen LogP contribution in [0, 0.1) is 18.3 Å². The van der Waals surface area contributed by atoms with Gasteiger partial charge in [-0.1, -0.05) is 30.3 Å². The maximum Gasteiger partial charge on any atom is 0.307 e. The van der Waals surface area contributed by atoms with Crippen molar-refractivity contribution in [3.63, 3.8) is 0 Å². The van der Waals surface area contributed by atoms with Crippen LogP contribution in [-0.4, -0.2) is 11.1 Å². The number of carbonyl (C=O) groups is 1. The molecule has 0 radical (unpaired) electrons. The molecule has 1 rings (SSSR count). The van der Waals surface area contributed by atoms with E-state index in [1.165, 1.54) is 5.56 Å². The Morgan fingerprint density at radius 1 is 1.38 bits per heavy atom. The highest BCUT2D eigenvalue weighted by Gasteiger charge is 2.15. The molecule has 0 amide bonds. The van der Waals surface area contributed by atoms with Crippen LogP contribution in [-0.2, 0) is 11.2 Å². The molecule has 84 valence electrons. The van der Waals surface area contributed by atoms with Gasteiger partial charge in [0.15, 0.2) is 0 Å². The van der Waals surface area contributed by atoms with Crippen LogP contribution in [0.1, 0.15) is 24.8 Å². The Labute approximate surface area is 96.3 Å². The van der Waals surface area contributed by atoms with Gasteiger partial charge in [0.25, 0.3) is 0 Å². The van der Waals surface area contributed by atoms with E-state index in [1.54, 1.807) is 0 Å². The lowest BCUT2D eigenvalue weighted by molar-refractivity contribution is -0.141. The summed E-state index contributed by atoms with van der Waals surface area (Å²) in [7, 11) is 0. The van der Waals surface area contributed by atoms with Crippen LogP contribution >= 0.6 is 0 Å². The molecule has 0 spiro atoms. The molecule has 0 heterocycles. The molecule has 0 bridgehead atoms. The molecular formula is C14H16O2. The lowest BCUT2D eigenvalue weighted by atomic mass is 9.97. The number of carboxylic acids is 1. The van der Waals surface area contributed by atoms with Crippen molar-refractivity contribution in [2.45, 2.75) is 25.7 Å². The van der Waals surface area contributed by atoms with Crippen LogP contribution in [0.15, 0.2) is 30.3 Å². The van der Waals surface area contributed by atoms with Crippen LogP contribution in [0.2, 0.25) is 0 Å². The van der Waals surface area contributed by atoms with E-state index in [-0.39, 0.29) is 0 Å². The van der Waals surface area contributed by atoms with E-state index in [0.29, 0.717) is 12.8 Å². The molecule has 2 nitrogen and oxygen atoms in total. The van der Waals surface area contributed by atoms with E-state index < -0.39 is 11.9 Å². The largest absolute Gasteiger partial charge is 0.481 e. The number of aliphatic carboxylic acids is 1. The van der Waals surface area contributed by atoms with Crippen LogP contribution < -0.4 is 0 Å². The van der Waals surface area contributed by atoms with Crippen LogP contribution in [0.4, 0.5) is 0 Å². The molecule has 0 saturated heterocycles. The van der Waals surface area contributed by atoms with Crippen molar-refractivity contribution in [2.75, 3.05) is 0 Å². The molecule has 0 aliphatic rings. The number of benzene rings is 1. The van der Waals surface area contributed by atoms with Gasteiger partial charge in [0.1, 0.15) is 0 Å². The van der Waals surface area contributed by atoms with Gasteiger partial charge in [-0.3, -0.25) is 4.79 Å². The van der Waals surface area contributed by atoms with Crippen molar-refractivity contribution in [1.82, 2.24) is 0 Å². The summed E-state index contributed by atoms with van der Waals surface area (Å²) in [6.45, 7) is 0. The highest BCUT2D eigenvalue weighted by atomic mass is 16.4. The van der Waals surface area contributed by atoms with Crippen molar-refractivity contribution in [2.24, 2.45) is 5.92 Å². The van der Waals surface area contributed by atoms with Gasteiger partial charge in [-0.05, 0) is 24.8 Å². The Balaban J connectivity index is 2.34. The van der Waals surface area contributed by atoms with Gasteiger partial charge in [-0.2, -0.15) is 0 Å². The molecule has 0 saturated carbocycles. The van der Waals surface area contributed by atoms with E-state index in [4.69, 9.17) is 11.5 Å². The second-order valence-corrected chi connectivity index (χ2v) is 3.82. The lowest BCUT2D eigenvalue weighted by Gasteiger charge is -2.08. The Morgan fingerprint density at radius 2 is 2.06 bits per heavy atom. The summed E-state index contributed by atoms with van der Waals surface area (Å²) >= 11 is 0. The normalized spacial score (nSPS) is 11.7. The summed E-state index contributed by atoms with van der Waals surface area (Å²) in [5.74, 6) is 1.24. The molecule has 2 heteroatoms. The first kappa shape index (κ1) is 12.3. The minimum Gasteiger partial charge on any atom is -0.481 e. The molecule has 0 aliphatic heterocycles. The summed E-state index contributed by atoms with van der Waals surface area (Å²) in [4.78, 5) is 10.8. The molecule has 0 fully saturated rings. The second-order valence-electron chi connectivity index (χ2n) is 3.82. The zero-order valence-corrected chi connectivity index (χ0v) is 9.23. The van der Waals surface area contributed by atoms with Crippen molar-refractivity contribution in [1.29, 1.82) is 0 Å². The monoisotopic (exact) mass is 216 g/mol. The number of terminal acetylenes is 1. The predicted molar refractivity (Wildman–Crippen MR) is 64.0 cm³/mol. The number of carboxylic acid groups (broad SMARTS) is 1. The van der Waals surface area contributed by atoms with Crippen molar-refractivity contribution < 1.29 is 9.90 Å². The summed E-state index contributed by atoms with van der Waals surface area (Å²) in [5.41, 5.74) is 1.24. The maximum atomic E-state index is 10.8. The molecule has 1 aromatic rings. The quantitative estimate of drug-likeness (QED) is 0.742. The Morgan fingerprint density at radius 3 is 2.62 bits per heavy atom. The van der Waals surface area contributed by atoms with E-state index in [1.807, 2.05) is 18.2 Å². The molecule has 1 aromatic carbocycles. The molecule has 1 N–H and O–H groups in total. The predicted octanol–water partition coefficient (Wildman–Crippen LogP) is 2.73. The van der Waals surface area contributed by atoms with Gasteiger partial charge < -0.3 is 5.11 Å². The highest BCUT2D eigenvalue weighted by molar-refractivity contribution is 5.70. The van der Waals surface area contributed by atoms with Gasteiger partial charge >= 0.3 is 5.97 Å². The SMILES string of the molecule is C#CCC(CCCc1ccccc1)C(=O)O. The fourth-order valence-electron chi connectivity index (χ4n) is 1.65. The Kier molecular flexibility index (Phi) is 5.15. The van der Waals surface area contributed by atoms with Crippen LogP contribution in [0.25, 0.3) is 0 Å². The van der Waals surface area contributed by atoms with E-state index >= 15 is 0 Å². The number of rotatable bonds is 6. The third-order valence-corrected chi connectivity index (χ3v) is 2.57. The van der Waals surface area contributed by atoms with E-state index in [2.05, 4.69) is 18.1 Å². The topological polar surface area (TPSA) is 37.3 Å². The smallest absolute Gasteiger partial charge is 0.307 e. The summed E-state index contributed by atoms with van der Waals surface area (Å²) < 4.78 is 0. The van der Waals surface area contributed by atoms with E-state index in [0.717, 1.165) is 12.8 Å².